The lowest BCUT2D eigenvalue weighted by atomic mass is 9.95. The molecule has 5 rings (SSSR count). The summed E-state index contributed by atoms with van der Waals surface area (Å²) in [5.41, 5.74) is 3.97. The van der Waals surface area contributed by atoms with Gasteiger partial charge >= 0.3 is 0 Å². The molecule has 1 aliphatic rings. The average molecular weight is 514 g/mol. The Morgan fingerprint density at radius 3 is 2.51 bits per heavy atom. The standard InChI is InChI=1S/C28H27N5O3S/c1-5-32-16-20(17(2)31-32)15-23-27(35)33-25(19-11-13-22(36-4)14-12-19)24(18(3)29-28(33)37-23)26(34)30-21-9-7-6-8-10-21/h6-16,25H,5H2,1-4H3,(H,30,34)/b23-15+/t25-/m0/s1. The van der Waals surface area contributed by atoms with Crippen molar-refractivity contribution in [1.82, 2.24) is 14.3 Å². The van der Waals surface area contributed by atoms with E-state index in [-0.39, 0.29) is 11.5 Å². The molecule has 4 aromatic rings. The second-order valence-electron chi connectivity index (χ2n) is 8.70. The van der Waals surface area contributed by atoms with Crippen LogP contribution in [0, 0.1) is 6.92 Å². The van der Waals surface area contributed by atoms with E-state index in [4.69, 9.17) is 9.73 Å². The van der Waals surface area contributed by atoms with Crippen molar-refractivity contribution in [2.24, 2.45) is 4.99 Å². The molecule has 0 aliphatic carbocycles. The largest absolute Gasteiger partial charge is 0.497 e. The molecule has 37 heavy (non-hydrogen) atoms. The summed E-state index contributed by atoms with van der Waals surface area (Å²) in [6.07, 6.45) is 3.78. The third-order valence-electron chi connectivity index (χ3n) is 6.32. The molecule has 1 atom stereocenters. The van der Waals surface area contributed by atoms with Gasteiger partial charge in [-0.05, 0) is 56.7 Å². The number of benzene rings is 2. The van der Waals surface area contributed by atoms with Crippen molar-refractivity contribution >= 4 is 29.0 Å². The summed E-state index contributed by atoms with van der Waals surface area (Å²) >= 11 is 1.31. The topological polar surface area (TPSA) is 90.5 Å². The lowest BCUT2D eigenvalue weighted by Gasteiger charge is -2.25. The molecule has 0 spiro atoms. The van der Waals surface area contributed by atoms with E-state index >= 15 is 0 Å². The number of rotatable bonds is 6. The number of fused-ring (bicyclic) bond motifs is 1. The number of nitrogens with one attached hydrogen (secondary N) is 1. The zero-order valence-electron chi connectivity index (χ0n) is 21.1. The first kappa shape index (κ1) is 24.5. The van der Waals surface area contributed by atoms with E-state index in [0.717, 1.165) is 23.4 Å². The number of carbonyl (C=O) groups excluding carboxylic acids is 1. The number of aryl methyl sites for hydroxylation is 2. The number of aromatic nitrogens is 3. The van der Waals surface area contributed by atoms with Gasteiger partial charge in [-0.2, -0.15) is 5.10 Å². The summed E-state index contributed by atoms with van der Waals surface area (Å²) < 4.78 is 9.32. The lowest BCUT2D eigenvalue weighted by molar-refractivity contribution is -0.113. The van der Waals surface area contributed by atoms with E-state index in [2.05, 4.69) is 10.4 Å². The summed E-state index contributed by atoms with van der Waals surface area (Å²) in [5, 5.41) is 7.45. The number of anilines is 1. The maximum absolute atomic E-state index is 13.8. The highest BCUT2D eigenvalue weighted by Gasteiger charge is 2.32. The predicted molar refractivity (Wildman–Crippen MR) is 144 cm³/mol. The number of nitrogens with zero attached hydrogens (tertiary/aromatic N) is 4. The monoisotopic (exact) mass is 513 g/mol. The lowest BCUT2D eigenvalue weighted by Crippen LogP contribution is -2.40. The first-order chi connectivity index (χ1) is 17.9. The normalized spacial score (nSPS) is 15.4. The molecule has 188 valence electrons. The van der Waals surface area contributed by atoms with E-state index in [1.54, 1.807) is 11.7 Å². The number of carbonyl (C=O) groups is 1. The van der Waals surface area contributed by atoms with Gasteiger partial charge in [-0.1, -0.05) is 41.7 Å². The molecule has 2 aromatic heterocycles. The van der Waals surface area contributed by atoms with Crippen LogP contribution in [0.2, 0.25) is 0 Å². The van der Waals surface area contributed by atoms with Crippen molar-refractivity contribution in [1.29, 1.82) is 0 Å². The van der Waals surface area contributed by atoms with Gasteiger partial charge in [0.05, 0.1) is 34.6 Å². The highest BCUT2D eigenvalue weighted by Crippen LogP contribution is 2.31. The number of para-hydroxylation sites is 1. The van der Waals surface area contributed by atoms with Crippen LogP contribution in [-0.4, -0.2) is 27.4 Å². The Morgan fingerprint density at radius 1 is 1.14 bits per heavy atom. The van der Waals surface area contributed by atoms with Crippen LogP contribution in [0.4, 0.5) is 5.69 Å². The van der Waals surface area contributed by atoms with Crippen LogP contribution in [0.5, 0.6) is 5.75 Å². The van der Waals surface area contributed by atoms with Gasteiger partial charge in [0.25, 0.3) is 11.5 Å². The van der Waals surface area contributed by atoms with Gasteiger partial charge < -0.3 is 10.1 Å². The molecule has 3 heterocycles. The predicted octanol–water partition coefficient (Wildman–Crippen LogP) is 3.41. The fraction of sp³-hybridized carbons (Fsp3) is 0.214. The van der Waals surface area contributed by atoms with Gasteiger partial charge in [-0.15, -0.1) is 0 Å². The van der Waals surface area contributed by atoms with E-state index in [9.17, 15) is 9.59 Å². The third kappa shape index (κ3) is 4.65. The SMILES string of the molecule is CCn1cc(/C=c2/sc3n(c2=O)[C@@H](c2ccc(OC)cc2)C(C(=O)Nc2ccccc2)=C(C)N=3)c(C)n1. The Hall–Kier alpha value is -4.24. The van der Waals surface area contributed by atoms with Gasteiger partial charge in [-0.25, -0.2) is 4.99 Å². The molecule has 1 aliphatic heterocycles. The van der Waals surface area contributed by atoms with E-state index < -0.39 is 6.04 Å². The van der Waals surface area contributed by atoms with Crippen LogP contribution in [0.15, 0.2) is 81.9 Å². The summed E-state index contributed by atoms with van der Waals surface area (Å²) in [7, 11) is 1.60. The molecule has 0 bridgehead atoms. The van der Waals surface area contributed by atoms with E-state index in [0.29, 0.717) is 32.0 Å². The molecule has 1 N–H and O–H groups in total. The van der Waals surface area contributed by atoms with Crippen LogP contribution in [0.3, 0.4) is 0 Å². The van der Waals surface area contributed by atoms with Crippen molar-refractivity contribution in [2.45, 2.75) is 33.4 Å². The number of allylic oxidation sites excluding steroid dienone is 1. The fourth-order valence-corrected chi connectivity index (χ4v) is 5.45. The summed E-state index contributed by atoms with van der Waals surface area (Å²) in [5.74, 6) is 0.387. The van der Waals surface area contributed by atoms with Crippen LogP contribution in [0.1, 0.15) is 36.7 Å². The molecular formula is C28H27N5O3S. The summed E-state index contributed by atoms with van der Waals surface area (Å²) in [6.45, 7) is 6.49. The molecule has 0 saturated carbocycles. The van der Waals surface area contributed by atoms with Gasteiger partial charge in [0, 0.05) is 24.0 Å². The molecule has 2 aromatic carbocycles. The molecule has 0 unspecified atom stereocenters. The smallest absolute Gasteiger partial charge is 0.271 e. The Bertz CT molecular complexity index is 1680. The maximum Gasteiger partial charge on any atom is 0.271 e. The summed E-state index contributed by atoms with van der Waals surface area (Å²) in [6, 6.07) is 16.0. The Balaban J connectivity index is 1.67. The molecule has 0 radical (unpaired) electrons. The maximum atomic E-state index is 13.8. The highest BCUT2D eigenvalue weighted by atomic mass is 32.1. The number of amides is 1. The number of methoxy groups -OCH3 is 1. The Kier molecular flexibility index (Phi) is 6.62. The summed E-state index contributed by atoms with van der Waals surface area (Å²) in [4.78, 5) is 32.7. The second kappa shape index (κ2) is 10.0. The van der Waals surface area contributed by atoms with Crippen LogP contribution >= 0.6 is 11.3 Å². The Labute approximate surface area is 217 Å². The van der Waals surface area contributed by atoms with Crippen molar-refractivity contribution in [3.05, 3.63) is 109 Å². The first-order valence-electron chi connectivity index (χ1n) is 12.0. The molecule has 1 amide bonds. The number of thiazole rings is 1. The Morgan fingerprint density at radius 2 is 1.86 bits per heavy atom. The minimum absolute atomic E-state index is 0.203. The van der Waals surface area contributed by atoms with E-state index in [1.165, 1.54) is 11.3 Å². The van der Waals surface area contributed by atoms with Crippen LogP contribution in [-0.2, 0) is 11.3 Å². The number of hydrogen-bond donors (Lipinski definition) is 1. The average Bonchev–Trinajstić information content (AvgIpc) is 3.42. The molecule has 8 nitrogen and oxygen atoms in total. The van der Waals surface area contributed by atoms with E-state index in [1.807, 2.05) is 92.3 Å². The van der Waals surface area contributed by atoms with Crippen molar-refractivity contribution in [3.8, 4) is 5.75 Å². The molecule has 0 saturated heterocycles. The van der Waals surface area contributed by atoms with Gasteiger partial charge in [-0.3, -0.25) is 18.8 Å². The number of hydrogen-bond acceptors (Lipinski definition) is 6. The van der Waals surface area contributed by atoms with Crippen LogP contribution < -0.4 is 24.9 Å². The quantitative estimate of drug-likeness (QED) is 0.428. The van der Waals surface area contributed by atoms with Crippen molar-refractivity contribution < 1.29 is 9.53 Å². The van der Waals surface area contributed by atoms with Gasteiger partial charge in [0.1, 0.15) is 5.75 Å². The molecular weight excluding hydrogens is 486 g/mol. The minimum Gasteiger partial charge on any atom is -0.497 e. The second-order valence-corrected chi connectivity index (χ2v) is 9.71. The fourth-order valence-electron chi connectivity index (χ4n) is 4.41. The van der Waals surface area contributed by atoms with Gasteiger partial charge in [0.2, 0.25) is 0 Å². The highest BCUT2D eigenvalue weighted by molar-refractivity contribution is 7.07. The van der Waals surface area contributed by atoms with Gasteiger partial charge in [0.15, 0.2) is 4.80 Å². The molecule has 9 heteroatoms. The van der Waals surface area contributed by atoms with Crippen molar-refractivity contribution in [3.63, 3.8) is 0 Å². The third-order valence-corrected chi connectivity index (χ3v) is 7.31. The zero-order chi connectivity index (χ0) is 26.1. The molecule has 0 fully saturated rings. The number of ether oxygens (including phenoxy) is 1. The van der Waals surface area contributed by atoms with Crippen molar-refractivity contribution in [2.75, 3.05) is 12.4 Å². The first-order valence-corrected chi connectivity index (χ1v) is 12.8. The minimum atomic E-state index is -0.646. The zero-order valence-corrected chi connectivity index (χ0v) is 21.9. The van der Waals surface area contributed by atoms with Crippen LogP contribution in [0.25, 0.3) is 6.08 Å².